The van der Waals surface area contributed by atoms with Crippen LogP contribution in [0.2, 0.25) is 5.02 Å². The van der Waals surface area contributed by atoms with Gasteiger partial charge in [-0.15, -0.1) is 0 Å². The predicted octanol–water partition coefficient (Wildman–Crippen LogP) is 6.23. The Labute approximate surface area is 172 Å². The molecule has 0 heterocycles. The molecule has 0 saturated heterocycles. The zero-order valence-electron chi connectivity index (χ0n) is 16.1. The zero-order valence-corrected chi connectivity index (χ0v) is 16.9. The normalized spacial score (nSPS) is 11.6. The number of halogens is 1. The fourth-order valence-electron chi connectivity index (χ4n) is 2.86. The maximum Gasteiger partial charge on any atom is 0.121 e. The van der Waals surface area contributed by atoms with Crippen LogP contribution in [-0.4, -0.2) is 19.3 Å². The van der Waals surface area contributed by atoms with E-state index in [1.54, 1.807) is 0 Å². The molecule has 28 heavy (non-hydrogen) atoms. The maximum absolute atomic E-state index is 5.90. The van der Waals surface area contributed by atoms with Gasteiger partial charge in [0, 0.05) is 16.8 Å². The summed E-state index contributed by atoms with van der Waals surface area (Å²) in [6.07, 6.45) is 2.04. The van der Waals surface area contributed by atoms with Crippen molar-refractivity contribution in [2.75, 3.05) is 18.5 Å². The molecule has 0 aliphatic carbocycles. The summed E-state index contributed by atoms with van der Waals surface area (Å²) in [6.45, 7) is 3.43. The quantitative estimate of drug-likeness (QED) is 0.412. The summed E-state index contributed by atoms with van der Waals surface area (Å²) < 4.78 is 11.8. The lowest BCUT2D eigenvalue weighted by atomic mass is 10.1. The molecule has 3 aromatic carbocycles. The second-order valence-corrected chi connectivity index (χ2v) is 7.17. The standard InChI is InChI=1S/C24H26ClNO2/c1-19(28-23-14-12-21(25)13-15-23)18-26-22-10-5-11-24(17-22)27-16-6-9-20-7-3-2-4-8-20/h2-5,7-8,10-15,17,19,26H,6,9,16,18H2,1H3. The van der Waals surface area contributed by atoms with Gasteiger partial charge >= 0.3 is 0 Å². The van der Waals surface area contributed by atoms with Crippen LogP contribution in [0, 0.1) is 0 Å². The van der Waals surface area contributed by atoms with E-state index in [1.165, 1.54) is 5.56 Å². The van der Waals surface area contributed by atoms with Gasteiger partial charge in [-0.1, -0.05) is 48.0 Å². The summed E-state index contributed by atoms with van der Waals surface area (Å²) in [7, 11) is 0. The summed E-state index contributed by atoms with van der Waals surface area (Å²) in [5.74, 6) is 1.69. The summed E-state index contributed by atoms with van der Waals surface area (Å²) in [5, 5.41) is 4.11. The van der Waals surface area contributed by atoms with Crippen LogP contribution in [0.3, 0.4) is 0 Å². The Hall–Kier alpha value is -2.65. The number of anilines is 1. The SMILES string of the molecule is CC(CNc1cccc(OCCCc2ccccc2)c1)Oc1ccc(Cl)cc1. The Bertz CT molecular complexity index is 837. The minimum Gasteiger partial charge on any atom is -0.494 e. The largest absolute Gasteiger partial charge is 0.494 e. The van der Waals surface area contributed by atoms with Gasteiger partial charge < -0.3 is 14.8 Å². The van der Waals surface area contributed by atoms with Crippen molar-refractivity contribution in [3.63, 3.8) is 0 Å². The van der Waals surface area contributed by atoms with Crippen molar-refractivity contribution in [2.45, 2.75) is 25.9 Å². The molecule has 0 aliphatic heterocycles. The lowest BCUT2D eigenvalue weighted by Crippen LogP contribution is -2.22. The molecular weight excluding hydrogens is 370 g/mol. The van der Waals surface area contributed by atoms with Crippen LogP contribution in [-0.2, 0) is 6.42 Å². The van der Waals surface area contributed by atoms with Crippen LogP contribution in [0.15, 0.2) is 78.9 Å². The van der Waals surface area contributed by atoms with Crippen LogP contribution in [0.4, 0.5) is 5.69 Å². The van der Waals surface area contributed by atoms with E-state index in [2.05, 4.69) is 29.6 Å². The molecule has 0 radical (unpaired) electrons. The van der Waals surface area contributed by atoms with Gasteiger partial charge in [-0.3, -0.25) is 0 Å². The molecule has 1 unspecified atom stereocenters. The van der Waals surface area contributed by atoms with Crippen LogP contribution < -0.4 is 14.8 Å². The maximum atomic E-state index is 5.90. The summed E-state index contributed by atoms with van der Waals surface area (Å²) in [5.41, 5.74) is 2.36. The topological polar surface area (TPSA) is 30.5 Å². The van der Waals surface area contributed by atoms with Crippen molar-refractivity contribution in [1.29, 1.82) is 0 Å². The molecule has 3 aromatic rings. The van der Waals surface area contributed by atoms with Crippen molar-refractivity contribution in [2.24, 2.45) is 0 Å². The Morgan fingerprint density at radius 2 is 1.68 bits per heavy atom. The number of benzene rings is 3. The van der Waals surface area contributed by atoms with E-state index in [4.69, 9.17) is 21.1 Å². The Kier molecular flexibility index (Phi) is 7.62. The van der Waals surface area contributed by atoms with Gasteiger partial charge in [0.25, 0.3) is 0 Å². The van der Waals surface area contributed by atoms with Gasteiger partial charge in [-0.25, -0.2) is 0 Å². The minimum atomic E-state index is 0.0247. The van der Waals surface area contributed by atoms with E-state index in [-0.39, 0.29) is 6.10 Å². The lowest BCUT2D eigenvalue weighted by molar-refractivity contribution is 0.234. The highest BCUT2D eigenvalue weighted by Gasteiger charge is 2.05. The average molecular weight is 396 g/mol. The van der Waals surface area contributed by atoms with Gasteiger partial charge in [0.2, 0.25) is 0 Å². The molecule has 3 rings (SSSR count). The summed E-state index contributed by atoms with van der Waals surface area (Å²) in [4.78, 5) is 0. The third kappa shape index (κ3) is 6.82. The molecule has 0 fully saturated rings. The monoisotopic (exact) mass is 395 g/mol. The first-order chi connectivity index (χ1) is 13.7. The lowest BCUT2D eigenvalue weighted by Gasteiger charge is -2.16. The van der Waals surface area contributed by atoms with Gasteiger partial charge in [-0.2, -0.15) is 0 Å². The number of rotatable bonds is 10. The smallest absolute Gasteiger partial charge is 0.121 e. The van der Waals surface area contributed by atoms with Crippen LogP contribution >= 0.6 is 11.6 Å². The van der Waals surface area contributed by atoms with Crippen molar-refractivity contribution < 1.29 is 9.47 Å². The van der Waals surface area contributed by atoms with Crippen LogP contribution in [0.25, 0.3) is 0 Å². The predicted molar refractivity (Wildman–Crippen MR) is 117 cm³/mol. The molecule has 3 nitrogen and oxygen atoms in total. The van der Waals surface area contributed by atoms with Gasteiger partial charge in [0.05, 0.1) is 13.2 Å². The Morgan fingerprint density at radius 1 is 0.893 bits per heavy atom. The fraction of sp³-hybridized carbons (Fsp3) is 0.250. The third-order valence-corrected chi connectivity index (χ3v) is 4.55. The van der Waals surface area contributed by atoms with E-state index in [0.717, 1.165) is 30.0 Å². The van der Waals surface area contributed by atoms with Crippen molar-refractivity contribution in [3.05, 3.63) is 89.4 Å². The molecule has 146 valence electrons. The van der Waals surface area contributed by atoms with Crippen molar-refractivity contribution in [3.8, 4) is 11.5 Å². The van der Waals surface area contributed by atoms with E-state index < -0.39 is 0 Å². The highest BCUT2D eigenvalue weighted by atomic mass is 35.5. The first-order valence-corrected chi connectivity index (χ1v) is 10.00. The van der Waals surface area contributed by atoms with Crippen molar-refractivity contribution in [1.82, 2.24) is 0 Å². The Balaban J connectivity index is 1.40. The zero-order chi connectivity index (χ0) is 19.6. The molecule has 1 atom stereocenters. The fourth-order valence-corrected chi connectivity index (χ4v) is 2.98. The molecule has 1 N–H and O–H groups in total. The molecule has 0 aromatic heterocycles. The number of nitrogens with one attached hydrogen (secondary N) is 1. The highest BCUT2D eigenvalue weighted by molar-refractivity contribution is 6.30. The summed E-state index contributed by atoms with van der Waals surface area (Å²) >= 11 is 5.90. The third-order valence-electron chi connectivity index (χ3n) is 4.30. The van der Waals surface area contributed by atoms with Gasteiger partial charge in [0.15, 0.2) is 0 Å². The second kappa shape index (κ2) is 10.6. The molecule has 0 amide bonds. The van der Waals surface area contributed by atoms with Crippen LogP contribution in [0.1, 0.15) is 18.9 Å². The first kappa shape index (κ1) is 20.1. The molecule has 0 bridgehead atoms. The highest BCUT2D eigenvalue weighted by Crippen LogP contribution is 2.19. The molecule has 0 saturated carbocycles. The molecule has 4 heteroatoms. The summed E-state index contributed by atoms with van der Waals surface area (Å²) in [6, 6.07) is 25.9. The van der Waals surface area contributed by atoms with E-state index in [0.29, 0.717) is 18.2 Å². The van der Waals surface area contributed by atoms with E-state index >= 15 is 0 Å². The molecular formula is C24H26ClNO2. The number of aryl methyl sites for hydroxylation is 1. The Morgan fingerprint density at radius 3 is 2.46 bits per heavy atom. The van der Waals surface area contributed by atoms with E-state index in [9.17, 15) is 0 Å². The van der Waals surface area contributed by atoms with Gasteiger partial charge in [0.1, 0.15) is 17.6 Å². The number of ether oxygens (including phenoxy) is 2. The minimum absolute atomic E-state index is 0.0247. The van der Waals surface area contributed by atoms with Crippen LogP contribution in [0.5, 0.6) is 11.5 Å². The first-order valence-electron chi connectivity index (χ1n) is 9.62. The molecule has 0 aliphatic rings. The van der Waals surface area contributed by atoms with E-state index in [1.807, 2.05) is 61.5 Å². The van der Waals surface area contributed by atoms with Gasteiger partial charge in [-0.05, 0) is 61.7 Å². The number of hydrogen-bond acceptors (Lipinski definition) is 3. The second-order valence-electron chi connectivity index (χ2n) is 6.73. The average Bonchev–Trinajstić information content (AvgIpc) is 2.73. The molecule has 0 spiro atoms. The number of hydrogen-bond donors (Lipinski definition) is 1. The van der Waals surface area contributed by atoms with Crippen molar-refractivity contribution >= 4 is 17.3 Å².